The van der Waals surface area contributed by atoms with Gasteiger partial charge in [0.15, 0.2) is 10.8 Å². The van der Waals surface area contributed by atoms with Crippen LogP contribution in [0.25, 0.3) is 45.6 Å². The fourth-order valence-corrected chi connectivity index (χ4v) is 7.06. The molecule has 55 heavy (non-hydrogen) atoms. The third-order valence-corrected chi connectivity index (χ3v) is 9.07. The van der Waals surface area contributed by atoms with Crippen LogP contribution < -0.4 is 5.32 Å². The molecule has 256 valence electrons. The molecule has 0 atom stereocenters. The van der Waals surface area contributed by atoms with Gasteiger partial charge in [0.05, 0.1) is 11.4 Å². The molecule has 0 aliphatic heterocycles. The maximum Gasteiger partial charge on any atom is 0.297 e. The summed E-state index contributed by atoms with van der Waals surface area (Å²) >= 11 is 0. The predicted octanol–water partition coefficient (Wildman–Crippen LogP) is -7.21. The molecule has 0 bridgehead atoms. The normalized spacial score (nSPS) is 14.6. The molecule has 2 amide bonds. The first kappa shape index (κ1) is 28.5. The van der Waals surface area contributed by atoms with Crippen molar-refractivity contribution in [2.75, 3.05) is 0 Å². The lowest BCUT2D eigenvalue weighted by molar-refractivity contribution is 0.0835. The highest BCUT2D eigenvalue weighted by atomic mass is 16.2. The number of aromatic nitrogens is 30. The first-order valence-corrected chi connectivity index (χ1v) is 14.9. The minimum Gasteiger partial charge on any atom is -0.283 e. The summed E-state index contributed by atoms with van der Waals surface area (Å²) < 4.78 is 0. The smallest absolute Gasteiger partial charge is 0.283 e. The minimum absolute atomic E-state index is 0.0243. The Balaban J connectivity index is 0.965. The highest BCUT2D eigenvalue weighted by Crippen LogP contribution is 2.59. The number of carbonyl (C=O) groups excluding carboxylic acids is 2. The number of nitrogens with zero attached hydrogens (tertiary/aromatic N) is 30. The minimum atomic E-state index is -1.71. The van der Waals surface area contributed by atoms with Crippen LogP contribution in [0.1, 0.15) is 66.8 Å². The van der Waals surface area contributed by atoms with Crippen LogP contribution in [-0.2, 0) is 10.8 Å². The highest BCUT2D eigenvalue weighted by Gasteiger charge is 2.63. The molecule has 2 spiro atoms. The standard InChI is InChI=1S/C22HN31O2/c54-19(17-23-9-1(26-40-17)3-11(34-48-42-28-3)21(9)13-5(30-44-50-36-13)6-14(21)37-51-45-31-6)25-20(55)18-24-10-2(27-41-18)4-12(35-49-43-29-4)22(10)15-7(32-46-52-38-15)8-16(22)39-53-47-33-8/h(H,25,54,55). The zero-order valence-electron chi connectivity index (χ0n) is 25.7. The molecule has 8 aromatic heterocycles. The van der Waals surface area contributed by atoms with Gasteiger partial charge in [0.1, 0.15) is 79.7 Å². The van der Waals surface area contributed by atoms with Crippen molar-refractivity contribution in [3.05, 3.63) is 57.2 Å². The van der Waals surface area contributed by atoms with Gasteiger partial charge in [-0.05, 0) is 62.6 Å². The van der Waals surface area contributed by atoms with E-state index in [4.69, 9.17) is 0 Å². The van der Waals surface area contributed by atoms with Gasteiger partial charge in [-0.1, -0.05) is 0 Å². The van der Waals surface area contributed by atoms with Crippen LogP contribution in [0, 0.1) is 0 Å². The Kier molecular flexibility index (Phi) is 5.06. The molecule has 8 heterocycles. The van der Waals surface area contributed by atoms with Crippen molar-refractivity contribution in [1.29, 1.82) is 0 Å². The number of fused-ring (bicyclic) bond motifs is 20. The van der Waals surface area contributed by atoms with Crippen molar-refractivity contribution >= 4 is 11.8 Å². The highest BCUT2D eigenvalue weighted by molar-refractivity contribution is 6.07. The Morgan fingerprint density at radius 3 is 0.800 bits per heavy atom. The summed E-state index contributed by atoms with van der Waals surface area (Å²) in [7, 11) is 0. The molecular formula is C22HN31O2. The van der Waals surface area contributed by atoms with E-state index in [9.17, 15) is 9.59 Å². The lowest BCUT2D eigenvalue weighted by atomic mass is 9.81. The number of hydrogen-bond donors (Lipinski definition) is 1. The Labute approximate surface area is 294 Å². The lowest BCUT2D eigenvalue weighted by Gasteiger charge is -2.22. The summed E-state index contributed by atoms with van der Waals surface area (Å²) in [6.45, 7) is 0. The number of imide groups is 1. The van der Waals surface area contributed by atoms with Crippen molar-refractivity contribution in [3.63, 3.8) is 0 Å². The first-order valence-electron chi connectivity index (χ1n) is 14.9. The average molecular weight is 731 g/mol. The van der Waals surface area contributed by atoms with Crippen LogP contribution in [-0.4, -0.2) is 166 Å². The summed E-state index contributed by atoms with van der Waals surface area (Å²) in [5, 5.41) is 112. The quantitative estimate of drug-likeness (QED) is 0.161. The van der Waals surface area contributed by atoms with Crippen molar-refractivity contribution < 1.29 is 9.59 Å². The molecule has 12 rings (SSSR count). The van der Waals surface area contributed by atoms with Crippen LogP contribution in [0.4, 0.5) is 0 Å². The summed E-state index contributed by atoms with van der Waals surface area (Å²) in [5.41, 5.74) is -2.31. The molecule has 0 saturated heterocycles. The van der Waals surface area contributed by atoms with Crippen molar-refractivity contribution in [3.8, 4) is 45.6 Å². The number of nitrogens with one attached hydrogen (secondary N) is 1. The van der Waals surface area contributed by atoms with E-state index in [1.54, 1.807) is 0 Å². The van der Waals surface area contributed by atoms with Gasteiger partial charge in [-0.2, -0.15) is 0 Å². The van der Waals surface area contributed by atoms with Gasteiger partial charge < -0.3 is 0 Å². The van der Waals surface area contributed by atoms with Gasteiger partial charge in [0, 0.05) is 0 Å². The van der Waals surface area contributed by atoms with Crippen molar-refractivity contribution in [1.82, 2.24) is 159 Å². The Morgan fingerprint density at radius 2 is 0.527 bits per heavy atom. The zero-order valence-corrected chi connectivity index (χ0v) is 25.7. The molecule has 4 aliphatic carbocycles. The van der Waals surface area contributed by atoms with E-state index in [2.05, 4.69) is 159 Å². The van der Waals surface area contributed by atoms with Gasteiger partial charge in [-0.15, -0.1) is 81.6 Å². The fourth-order valence-electron chi connectivity index (χ4n) is 7.06. The Hall–Kier alpha value is -9.20. The second-order valence-electron chi connectivity index (χ2n) is 11.4. The molecule has 0 unspecified atom stereocenters. The number of hydrogen-bond acceptors (Lipinski definition) is 32. The van der Waals surface area contributed by atoms with Gasteiger partial charge >= 0.3 is 0 Å². The van der Waals surface area contributed by atoms with Gasteiger partial charge in [-0.25, -0.2) is 9.97 Å². The van der Waals surface area contributed by atoms with Crippen LogP contribution in [0.5, 0.6) is 0 Å². The number of amides is 2. The Bertz CT molecular complexity index is 2740. The predicted molar refractivity (Wildman–Crippen MR) is 151 cm³/mol. The maximum atomic E-state index is 13.8. The average Bonchev–Trinajstić information content (AvgIpc) is 3.92. The fraction of sp³-hybridized carbons (Fsp3) is 0.0909. The Morgan fingerprint density at radius 1 is 0.291 bits per heavy atom. The molecule has 0 aromatic carbocycles. The van der Waals surface area contributed by atoms with E-state index in [0.717, 1.165) is 0 Å². The van der Waals surface area contributed by atoms with Crippen LogP contribution in [0.3, 0.4) is 0 Å². The van der Waals surface area contributed by atoms with Crippen LogP contribution in [0.15, 0.2) is 0 Å². The monoisotopic (exact) mass is 731 g/mol. The van der Waals surface area contributed by atoms with Crippen molar-refractivity contribution in [2.24, 2.45) is 0 Å². The van der Waals surface area contributed by atoms with Gasteiger partial charge in [0.2, 0.25) is 11.6 Å². The van der Waals surface area contributed by atoms with Gasteiger partial charge in [-0.3, -0.25) is 14.9 Å². The third-order valence-electron chi connectivity index (χ3n) is 9.07. The molecule has 4 aliphatic rings. The summed E-state index contributed by atoms with van der Waals surface area (Å²) in [5.74, 6) is -3.50. The molecule has 33 nitrogen and oxygen atoms in total. The third kappa shape index (κ3) is 3.25. The SMILES string of the molecule is O=C(NC(=O)c1nnc2c(n1)C1(c3nnnnc3-c3nnnnc31)c1nnnnc1-2)c1nnc2c(n1)C1(c3nnnnc3-c3nnnnc31)c1nnnnc1-2. The van der Waals surface area contributed by atoms with E-state index in [1.807, 2.05) is 0 Å². The molecule has 0 fully saturated rings. The second-order valence-corrected chi connectivity index (χ2v) is 11.4. The summed E-state index contributed by atoms with van der Waals surface area (Å²) in [4.78, 5) is 36.5. The van der Waals surface area contributed by atoms with E-state index in [-0.39, 0.29) is 91.1 Å². The second kappa shape index (κ2) is 9.77. The van der Waals surface area contributed by atoms with Crippen LogP contribution >= 0.6 is 0 Å². The van der Waals surface area contributed by atoms with Gasteiger partial charge in [0.25, 0.3) is 11.8 Å². The number of rotatable bonds is 2. The van der Waals surface area contributed by atoms with E-state index < -0.39 is 34.3 Å². The first-order chi connectivity index (χ1) is 27.1. The molecule has 33 heteroatoms. The largest absolute Gasteiger partial charge is 0.297 e. The lowest BCUT2D eigenvalue weighted by Crippen LogP contribution is -2.36. The van der Waals surface area contributed by atoms with E-state index in [0.29, 0.717) is 0 Å². The molecule has 0 radical (unpaired) electrons. The molecule has 0 saturated carbocycles. The zero-order chi connectivity index (χ0) is 36.5. The summed E-state index contributed by atoms with van der Waals surface area (Å²) in [6.07, 6.45) is 0. The maximum absolute atomic E-state index is 13.8. The van der Waals surface area contributed by atoms with E-state index >= 15 is 0 Å². The van der Waals surface area contributed by atoms with Crippen molar-refractivity contribution in [2.45, 2.75) is 10.8 Å². The topological polar surface area (TPSA) is 433 Å². The molecule has 1 N–H and O–H groups in total. The van der Waals surface area contributed by atoms with Crippen LogP contribution in [0.2, 0.25) is 0 Å². The molecule has 8 aromatic rings. The summed E-state index contributed by atoms with van der Waals surface area (Å²) in [6, 6.07) is 0. The van der Waals surface area contributed by atoms with E-state index in [1.165, 1.54) is 0 Å². The molecular weight excluding hydrogens is 730 g/mol. The number of carbonyl (C=O) groups is 2.